The van der Waals surface area contributed by atoms with E-state index >= 15 is 0 Å². The molecule has 620 valence electrons. The van der Waals surface area contributed by atoms with E-state index in [1.54, 1.807) is 39.0 Å². The number of nitrogens with two attached hydrogens (primary N) is 1. The van der Waals surface area contributed by atoms with E-state index in [9.17, 15) is 34.2 Å². The van der Waals surface area contributed by atoms with E-state index in [2.05, 4.69) is 129 Å². The van der Waals surface area contributed by atoms with Crippen molar-refractivity contribution >= 4 is 30.2 Å². The number of aliphatic hydroxyl groups is 2. The van der Waals surface area contributed by atoms with Crippen molar-refractivity contribution in [2.45, 2.75) is 283 Å². The number of hydrogen-bond acceptors (Lipinski definition) is 26. The van der Waals surface area contributed by atoms with E-state index in [1.807, 2.05) is 66.7 Å². The Hall–Kier alpha value is -8.19. The van der Waals surface area contributed by atoms with Crippen LogP contribution >= 0.6 is 0 Å². The lowest BCUT2D eigenvalue weighted by Crippen LogP contribution is -2.50. The van der Waals surface area contributed by atoms with Crippen molar-refractivity contribution < 1.29 is 90.4 Å². The number of nitrogens with one attached hydrogen (secondary N) is 2. The standard InChI is InChI=1S/C31H45N3O7.C21H31N3O3.C13H23NO.C11H16O5.C8H10N2O3/c1-18(7-10-24-14-23(15-28(36)38-6)16-31(17-39-31)29(24)37)8-11-26-20(3)13-25(21(4)40-26)33-27(35)12-9-19(2)30-32-22(5)41-34-30;1-7-13(2)8-10-19-15(4)12-18(16(5)26-19)23-20(25)11-9-14(3)21-22-17(6)27-24-21;1-5-9(2)6-7-13-10(3)8-12(14)11(4)15-13;1-3-8-10(13)11(6-15-11)5-7(16-8)4-9(12)14-2;1-6(3-4-12-5-11)8-9-7(2)13-10-8/h7-10,12,19-21,23-26,29,37H,11,13-17H2,1-6H3,(H,33,35);7-9,11,14-16,18-19H,1,10,12H2,2-6H3,(H,23,25);5-6,10-13H,1,7-8,14H2,2-4H3;3,7-8,10,13H,1,4-6H2,2H3;3-6H,1-2H3/b10-7+,12-9-,18-8+;11-9-,13-8+;9-6+;;4-3-/t19?,20-,21+,23+,24-,25+,26-,29+,31+;14?,15-,16+,18+,19-;10-,11+,12+,13-;7-,8-,10-,11-;/m0001./s1. The Bertz CT molecular complexity index is 3730. The number of amides is 2. The molecule has 0 bridgehead atoms. The first-order valence-electron chi connectivity index (χ1n) is 39.0. The maximum atomic E-state index is 12.6. The summed E-state index contributed by atoms with van der Waals surface area (Å²) in [4.78, 5) is 70.1. The summed E-state index contributed by atoms with van der Waals surface area (Å²) in [6.45, 7) is 42.2. The summed E-state index contributed by atoms with van der Waals surface area (Å²) in [5, 5.41) is 38.5. The molecule has 7 aliphatic rings. The van der Waals surface area contributed by atoms with Crippen molar-refractivity contribution in [1.29, 1.82) is 0 Å². The maximum absolute atomic E-state index is 12.6. The number of rotatable bonds is 27. The van der Waals surface area contributed by atoms with Crippen molar-refractivity contribution in [3.63, 3.8) is 0 Å². The molecular formula is C84H125N9O19. The number of hydrogen-bond donors (Lipinski definition) is 5. The average Bonchev–Trinajstić information content (AvgIpc) is 1.60. The first kappa shape index (κ1) is 92.7. The summed E-state index contributed by atoms with van der Waals surface area (Å²) in [7, 11) is 2.75. The van der Waals surface area contributed by atoms with Gasteiger partial charge in [0.05, 0.1) is 101 Å². The van der Waals surface area contributed by atoms with Crippen LogP contribution in [0.4, 0.5) is 0 Å². The molecule has 28 heteroatoms. The predicted molar refractivity (Wildman–Crippen MR) is 420 cm³/mol. The molecule has 23 atom stereocenters. The molecule has 7 fully saturated rings. The molecule has 9 heterocycles. The van der Waals surface area contributed by atoms with Crippen LogP contribution in [0.25, 0.3) is 0 Å². The Balaban J connectivity index is 0.000000236. The second kappa shape index (κ2) is 45.0. The van der Waals surface area contributed by atoms with Crippen LogP contribution in [0, 0.1) is 50.4 Å². The van der Waals surface area contributed by atoms with E-state index in [0.29, 0.717) is 92.0 Å². The fraction of sp³-hybridized carbons (Fsp3) is 0.631. The summed E-state index contributed by atoms with van der Waals surface area (Å²) in [6.07, 6.45) is 31.8. The van der Waals surface area contributed by atoms with Gasteiger partial charge in [0.1, 0.15) is 23.4 Å². The number of aromatic nitrogens is 6. The number of aliphatic hydroxyl groups excluding tert-OH is 2. The van der Waals surface area contributed by atoms with E-state index in [-0.39, 0.29) is 120 Å². The topological polar surface area (TPSA) is 382 Å². The number of esters is 2. The van der Waals surface area contributed by atoms with Crippen molar-refractivity contribution in [2.75, 3.05) is 27.4 Å². The molecule has 0 radical (unpaired) electrons. The monoisotopic (exact) mass is 1560 g/mol. The Morgan fingerprint density at radius 3 is 1.41 bits per heavy atom. The van der Waals surface area contributed by atoms with Crippen LogP contribution in [0.5, 0.6) is 0 Å². The molecular weight excluding hydrogens is 1440 g/mol. The lowest BCUT2D eigenvalue weighted by Gasteiger charge is -2.39. The Morgan fingerprint density at radius 1 is 0.580 bits per heavy atom. The molecule has 6 N–H and O–H groups in total. The fourth-order valence-corrected chi connectivity index (χ4v) is 14.0. The molecule has 0 aromatic carbocycles. The van der Waals surface area contributed by atoms with Gasteiger partial charge in [-0.3, -0.25) is 24.0 Å². The van der Waals surface area contributed by atoms with Crippen LogP contribution in [0.3, 0.4) is 0 Å². The van der Waals surface area contributed by atoms with Gasteiger partial charge in [0.15, 0.2) is 17.5 Å². The number of nitrogens with zero attached hydrogens (tertiary/aromatic N) is 6. The number of carbonyl (C=O) groups excluding carboxylic acids is 5. The van der Waals surface area contributed by atoms with Gasteiger partial charge < -0.3 is 82.8 Å². The van der Waals surface area contributed by atoms with Crippen molar-refractivity contribution in [1.82, 2.24) is 41.1 Å². The van der Waals surface area contributed by atoms with Gasteiger partial charge in [-0.2, -0.15) is 15.0 Å². The summed E-state index contributed by atoms with van der Waals surface area (Å²) in [5.74, 6) is 3.38. The largest absolute Gasteiger partial charge is 0.469 e. The van der Waals surface area contributed by atoms with Gasteiger partial charge in [0.2, 0.25) is 29.5 Å². The molecule has 2 amide bonds. The lowest BCUT2D eigenvalue weighted by molar-refractivity contribution is -0.157. The van der Waals surface area contributed by atoms with Gasteiger partial charge >= 0.3 is 11.9 Å². The minimum Gasteiger partial charge on any atom is -0.469 e. The molecule has 1 aliphatic carbocycles. The third-order valence-corrected chi connectivity index (χ3v) is 21.6. The summed E-state index contributed by atoms with van der Waals surface area (Å²) < 4.78 is 63.5. The highest BCUT2D eigenvalue weighted by Crippen LogP contribution is 2.49. The molecule has 1 saturated carbocycles. The molecule has 6 aliphatic heterocycles. The van der Waals surface area contributed by atoms with E-state index < -0.39 is 29.5 Å². The third-order valence-electron chi connectivity index (χ3n) is 21.6. The third kappa shape index (κ3) is 29.3. The minimum absolute atomic E-state index is 0.000562. The van der Waals surface area contributed by atoms with Gasteiger partial charge in [0, 0.05) is 63.3 Å². The molecule has 10 rings (SSSR count). The van der Waals surface area contributed by atoms with Crippen molar-refractivity contribution in [3.05, 3.63) is 157 Å². The molecule has 3 aromatic rings. The van der Waals surface area contributed by atoms with Crippen molar-refractivity contribution in [3.8, 4) is 0 Å². The normalized spacial score (nSPS) is 31.9. The highest BCUT2D eigenvalue weighted by molar-refractivity contribution is 5.88. The van der Waals surface area contributed by atoms with Crippen molar-refractivity contribution in [2.24, 2.45) is 35.3 Å². The molecule has 3 aromatic heterocycles. The zero-order chi connectivity index (χ0) is 82.6. The highest BCUT2D eigenvalue weighted by Gasteiger charge is 2.59. The molecule has 6 saturated heterocycles. The number of epoxide rings is 2. The maximum Gasteiger partial charge on any atom is 0.308 e. The zero-order valence-electron chi connectivity index (χ0n) is 68.7. The highest BCUT2D eigenvalue weighted by atomic mass is 16.6. The molecule has 28 nitrogen and oxygen atoms in total. The summed E-state index contributed by atoms with van der Waals surface area (Å²) >= 11 is 0. The zero-order valence-corrected chi connectivity index (χ0v) is 68.7. The minimum atomic E-state index is -0.695. The number of carbonyl (C=O) groups is 5. The van der Waals surface area contributed by atoms with E-state index in [0.717, 1.165) is 56.1 Å². The number of aryl methyl sites for hydroxylation is 3. The molecule has 3 unspecified atom stereocenters. The number of methoxy groups -OCH3 is 2. The first-order valence-corrected chi connectivity index (χ1v) is 39.0. The number of allylic oxidation sites excluding steroid dienone is 9. The summed E-state index contributed by atoms with van der Waals surface area (Å²) in [6, 6.07) is 0.120. The smallest absolute Gasteiger partial charge is 0.308 e. The predicted octanol–water partition coefficient (Wildman–Crippen LogP) is 11.6. The van der Waals surface area contributed by atoms with Gasteiger partial charge in [-0.15, -0.1) is 6.58 Å². The second-order valence-electron chi connectivity index (χ2n) is 30.9. The van der Waals surface area contributed by atoms with Crippen LogP contribution in [0.1, 0.15) is 207 Å². The van der Waals surface area contributed by atoms with Crippen LogP contribution < -0.4 is 16.4 Å². The van der Waals surface area contributed by atoms with Crippen LogP contribution in [0.2, 0.25) is 0 Å². The van der Waals surface area contributed by atoms with E-state index in [1.165, 1.54) is 44.3 Å². The van der Waals surface area contributed by atoms with Gasteiger partial charge in [0.25, 0.3) is 6.47 Å². The Kier molecular flexibility index (Phi) is 37.3. The van der Waals surface area contributed by atoms with Crippen LogP contribution in [-0.2, 0) is 66.6 Å². The van der Waals surface area contributed by atoms with Crippen LogP contribution in [0.15, 0.2) is 135 Å². The fourth-order valence-electron chi connectivity index (χ4n) is 14.0. The number of ether oxygens (including phenoxy) is 9. The van der Waals surface area contributed by atoms with Crippen LogP contribution in [-0.4, -0.2) is 189 Å². The quantitative estimate of drug-likeness (QED) is 0.00691. The Labute approximate surface area is 661 Å². The molecule has 2 spiro atoms. The van der Waals surface area contributed by atoms with Gasteiger partial charge in [-0.05, 0) is 135 Å². The second-order valence-corrected chi connectivity index (χ2v) is 30.9. The van der Waals surface area contributed by atoms with Gasteiger partial charge in [-0.25, -0.2) is 0 Å². The Morgan fingerprint density at radius 2 is 1.00 bits per heavy atom. The lowest BCUT2D eigenvalue weighted by atomic mass is 9.71. The summed E-state index contributed by atoms with van der Waals surface area (Å²) in [5.41, 5.74) is 8.37. The molecule has 112 heavy (non-hydrogen) atoms. The first-order chi connectivity index (χ1) is 53.2. The average molecular weight is 1560 g/mol. The van der Waals surface area contributed by atoms with Gasteiger partial charge in [-0.1, -0.05) is 148 Å². The SMILES string of the molecule is C=C/C(C)=C/C[C@@H]1O[C@H](C)[C@H](N)C[C@@H]1C.C=C/C(C)=C/C[C@@H]1O[C@H](C)[C@H](NC(=O)/C=C\C(C)c2noc(C)n2)C[C@@H]1C.C=C[C@H]1O[C@H](CC(=O)OC)C[C@@]2(CO2)[C@@H]1O.COC(=O)C[C@H]1C[C@H](/C=C/C(C)=C/C[C@@H]2O[C@H](C)[C@H](NC(=O)/C=C\C(C)c3noc(C)n3)C[C@@H]2C)[C@@H](O)[C@]2(CO2)C1.Cc1nc(C(C)/C=C\OC=O)no1. The van der Waals surface area contributed by atoms with E-state index in [4.69, 9.17) is 52.5 Å².